The highest BCUT2D eigenvalue weighted by Crippen LogP contribution is 2.21. The molecule has 0 radical (unpaired) electrons. The monoisotopic (exact) mass is 366 g/mol. The van der Waals surface area contributed by atoms with Crippen LogP contribution in [0.1, 0.15) is 49.2 Å². The van der Waals surface area contributed by atoms with Crippen LogP contribution in [0.3, 0.4) is 0 Å². The molecule has 0 atom stereocenters. The molecule has 1 aliphatic carbocycles. The van der Waals surface area contributed by atoms with Crippen molar-refractivity contribution >= 4 is 5.91 Å². The van der Waals surface area contributed by atoms with Crippen LogP contribution in [-0.2, 0) is 37.3 Å². The molecule has 144 valence electrons. The molecule has 1 aliphatic heterocycles. The lowest BCUT2D eigenvalue weighted by Gasteiger charge is -2.29. The van der Waals surface area contributed by atoms with E-state index in [-0.39, 0.29) is 11.8 Å². The Morgan fingerprint density at radius 2 is 1.89 bits per heavy atom. The summed E-state index contributed by atoms with van der Waals surface area (Å²) in [4.78, 5) is 14.2. The van der Waals surface area contributed by atoms with Crippen LogP contribution in [0.2, 0.25) is 0 Å². The summed E-state index contributed by atoms with van der Waals surface area (Å²) in [5.74, 6) is 0.292. The Kier molecular flexibility index (Phi) is 5.30. The molecule has 1 aromatic carbocycles. The molecule has 5 heteroatoms. The van der Waals surface area contributed by atoms with Crippen molar-refractivity contribution < 1.29 is 4.79 Å². The van der Waals surface area contributed by atoms with Crippen molar-refractivity contribution in [1.29, 1.82) is 0 Å². The largest absolute Gasteiger partial charge is 0.335 e. The van der Waals surface area contributed by atoms with E-state index in [4.69, 9.17) is 5.10 Å². The summed E-state index contributed by atoms with van der Waals surface area (Å²) < 4.78 is 2.07. The van der Waals surface area contributed by atoms with Crippen molar-refractivity contribution in [2.75, 3.05) is 6.54 Å². The van der Waals surface area contributed by atoms with Crippen LogP contribution in [0.15, 0.2) is 30.3 Å². The van der Waals surface area contributed by atoms with E-state index in [1.54, 1.807) is 0 Å². The molecule has 5 nitrogen and oxygen atoms in total. The van der Waals surface area contributed by atoms with Gasteiger partial charge in [-0.15, -0.1) is 0 Å². The van der Waals surface area contributed by atoms with Crippen molar-refractivity contribution in [3.8, 4) is 0 Å². The number of hydrogen-bond donors (Lipinski definition) is 1. The maximum Gasteiger partial charge on any atom is 0.225 e. The summed E-state index contributed by atoms with van der Waals surface area (Å²) in [5, 5.41) is 8.47. The van der Waals surface area contributed by atoms with E-state index in [0.29, 0.717) is 12.6 Å². The van der Waals surface area contributed by atoms with Gasteiger partial charge in [0.25, 0.3) is 0 Å². The van der Waals surface area contributed by atoms with Gasteiger partial charge < -0.3 is 10.2 Å². The number of aromatic nitrogens is 2. The maximum atomic E-state index is 12.3. The molecule has 0 fully saturated rings. The Balaban J connectivity index is 1.33. The van der Waals surface area contributed by atoms with Crippen molar-refractivity contribution in [1.82, 2.24) is 20.0 Å². The highest BCUT2D eigenvalue weighted by molar-refractivity contribution is 5.78. The maximum absolute atomic E-state index is 12.3. The highest BCUT2D eigenvalue weighted by Gasteiger charge is 2.24. The van der Waals surface area contributed by atoms with Gasteiger partial charge >= 0.3 is 0 Å². The number of aryl methyl sites for hydroxylation is 2. The van der Waals surface area contributed by atoms with E-state index in [1.165, 1.54) is 24.0 Å². The van der Waals surface area contributed by atoms with Crippen LogP contribution in [0.25, 0.3) is 0 Å². The molecule has 2 aromatic rings. The minimum Gasteiger partial charge on any atom is -0.335 e. The Morgan fingerprint density at radius 1 is 1.19 bits per heavy atom. The SMILES string of the molecule is CC(C)C(=O)N1CCn2nc(CNC3CCc4ccccc4CC3)cc2C1. The van der Waals surface area contributed by atoms with E-state index in [1.807, 2.05) is 18.7 Å². The topological polar surface area (TPSA) is 50.2 Å². The minimum atomic E-state index is 0.0555. The van der Waals surface area contributed by atoms with Gasteiger partial charge in [-0.3, -0.25) is 9.48 Å². The number of carbonyl (C=O) groups excluding carboxylic acids is 1. The summed E-state index contributed by atoms with van der Waals surface area (Å²) in [6.07, 6.45) is 4.67. The normalized spacial score (nSPS) is 17.5. The third kappa shape index (κ3) is 4.08. The van der Waals surface area contributed by atoms with Crippen LogP contribution >= 0.6 is 0 Å². The molecular weight excluding hydrogens is 336 g/mol. The van der Waals surface area contributed by atoms with E-state index >= 15 is 0 Å². The number of carbonyl (C=O) groups is 1. The zero-order valence-corrected chi connectivity index (χ0v) is 16.4. The van der Waals surface area contributed by atoms with Gasteiger partial charge in [-0.25, -0.2) is 0 Å². The lowest BCUT2D eigenvalue weighted by atomic mass is 10.0. The second-order valence-corrected chi connectivity index (χ2v) is 8.19. The molecular formula is C22H30N4O. The number of amides is 1. The summed E-state index contributed by atoms with van der Waals surface area (Å²) in [6.45, 7) is 6.98. The first-order chi connectivity index (χ1) is 13.1. The Labute approximate surface area is 161 Å². The predicted molar refractivity (Wildman–Crippen MR) is 106 cm³/mol. The molecule has 2 aliphatic rings. The van der Waals surface area contributed by atoms with Gasteiger partial charge in [0.15, 0.2) is 0 Å². The summed E-state index contributed by atoms with van der Waals surface area (Å²) in [7, 11) is 0. The standard InChI is InChI=1S/C22H30N4O/c1-16(2)22(27)25-11-12-26-21(15-25)13-20(24-26)14-23-19-9-7-17-5-3-4-6-18(17)8-10-19/h3-6,13,16,19,23H,7-12,14-15H2,1-2H3. The molecule has 1 aromatic heterocycles. The van der Waals surface area contributed by atoms with Crippen LogP contribution < -0.4 is 5.32 Å². The van der Waals surface area contributed by atoms with Gasteiger partial charge in [-0.1, -0.05) is 38.1 Å². The third-order valence-electron chi connectivity index (χ3n) is 5.87. The van der Waals surface area contributed by atoms with Crippen molar-refractivity contribution in [2.45, 2.75) is 65.2 Å². The smallest absolute Gasteiger partial charge is 0.225 e. The first-order valence-electron chi connectivity index (χ1n) is 10.2. The summed E-state index contributed by atoms with van der Waals surface area (Å²) in [6, 6.07) is 11.5. The van der Waals surface area contributed by atoms with Crippen molar-refractivity contribution in [3.63, 3.8) is 0 Å². The fraction of sp³-hybridized carbons (Fsp3) is 0.545. The molecule has 0 saturated heterocycles. The second kappa shape index (κ2) is 7.85. The van der Waals surface area contributed by atoms with E-state index < -0.39 is 0 Å². The van der Waals surface area contributed by atoms with Gasteiger partial charge in [-0.2, -0.15) is 5.10 Å². The average molecular weight is 367 g/mol. The van der Waals surface area contributed by atoms with Gasteiger partial charge in [0, 0.05) is 25.0 Å². The van der Waals surface area contributed by atoms with E-state index in [2.05, 4.69) is 40.3 Å². The Hall–Kier alpha value is -2.14. The number of nitrogens with one attached hydrogen (secondary N) is 1. The Morgan fingerprint density at radius 3 is 2.56 bits per heavy atom. The van der Waals surface area contributed by atoms with Crippen LogP contribution in [0.5, 0.6) is 0 Å². The first kappa shape index (κ1) is 18.2. The third-order valence-corrected chi connectivity index (χ3v) is 5.87. The molecule has 1 amide bonds. The molecule has 1 N–H and O–H groups in total. The number of benzene rings is 1. The molecule has 27 heavy (non-hydrogen) atoms. The minimum absolute atomic E-state index is 0.0555. The van der Waals surface area contributed by atoms with Gasteiger partial charge in [0.2, 0.25) is 5.91 Å². The van der Waals surface area contributed by atoms with E-state index in [9.17, 15) is 4.79 Å². The zero-order chi connectivity index (χ0) is 18.8. The van der Waals surface area contributed by atoms with Crippen LogP contribution in [0, 0.1) is 5.92 Å². The van der Waals surface area contributed by atoms with E-state index in [0.717, 1.165) is 43.9 Å². The second-order valence-electron chi connectivity index (χ2n) is 8.19. The summed E-state index contributed by atoms with van der Waals surface area (Å²) in [5.41, 5.74) is 5.26. The number of rotatable bonds is 4. The van der Waals surface area contributed by atoms with Crippen molar-refractivity contribution in [2.24, 2.45) is 5.92 Å². The van der Waals surface area contributed by atoms with Gasteiger partial charge in [-0.05, 0) is 42.9 Å². The average Bonchev–Trinajstić information content (AvgIpc) is 2.97. The lowest BCUT2D eigenvalue weighted by Crippen LogP contribution is -2.40. The van der Waals surface area contributed by atoms with Crippen LogP contribution in [0.4, 0.5) is 0 Å². The fourth-order valence-corrected chi connectivity index (χ4v) is 4.27. The molecule has 0 bridgehead atoms. The molecule has 0 unspecified atom stereocenters. The highest BCUT2D eigenvalue weighted by atomic mass is 16.2. The molecule has 2 heterocycles. The number of nitrogens with zero attached hydrogens (tertiary/aromatic N) is 3. The quantitative estimate of drug-likeness (QED) is 0.847. The Bertz CT molecular complexity index is 783. The number of hydrogen-bond acceptors (Lipinski definition) is 3. The fourth-order valence-electron chi connectivity index (χ4n) is 4.27. The molecule has 4 rings (SSSR count). The first-order valence-corrected chi connectivity index (χ1v) is 10.2. The molecule has 0 saturated carbocycles. The zero-order valence-electron chi connectivity index (χ0n) is 16.4. The van der Waals surface area contributed by atoms with Crippen molar-refractivity contribution in [3.05, 3.63) is 52.8 Å². The summed E-state index contributed by atoms with van der Waals surface area (Å²) >= 11 is 0. The predicted octanol–water partition coefficient (Wildman–Crippen LogP) is 2.92. The lowest BCUT2D eigenvalue weighted by molar-refractivity contribution is -0.136. The molecule has 0 spiro atoms. The van der Waals surface area contributed by atoms with Gasteiger partial charge in [0.1, 0.15) is 0 Å². The van der Waals surface area contributed by atoms with Crippen LogP contribution in [-0.4, -0.2) is 33.2 Å². The van der Waals surface area contributed by atoms with Gasteiger partial charge in [0.05, 0.1) is 24.5 Å². The number of fused-ring (bicyclic) bond motifs is 2.